The van der Waals surface area contributed by atoms with Gasteiger partial charge in [0, 0.05) is 19.6 Å². The molecule has 0 aliphatic carbocycles. The molecule has 2 heterocycles. The van der Waals surface area contributed by atoms with Gasteiger partial charge in [0.2, 0.25) is 0 Å². The van der Waals surface area contributed by atoms with Crippen molar-refractivity contribution < 1.29 is 4.74 Å². The van der Waals surface area contributed by atoms with Crippen LogP contribution in [-0.2, 0) is 13.6 Å². The van der Waals surface area contributed by atoms with Crippen LogP contribution in [-0.4, -0.2) is 33.5 Å². The third-order valence-electron chi connectivity index (χ3n) is 4.92. The van der Waals surface area contributed by atoms with Crippen molar-refractivity contribution in [3.8, 4) is 5.75 Å². The Labute approximate surface area is 141 Å². The number of fused-ring (bicyclic) bond motifs is 1. The second-order valence-corrected chi connectivity index (χ2v) is 6.44. The molecule has 1 aliphatic rings. The van der Waals surface area contributed by atoms with Crippen LogP contribution in [0.4, 0.5) is 0 Å². The van der Waals surface area contributed by atoms with Gasteiger partial charge in [-0.3, -0.25) is 4.90 Å². The van der Waals surface area contributed by atoms with Gasteiger partial charge in [-0.05, 0) is 54.8 Å². The molecule has 0 spiro atoms. The molecule has 1 aliphatic heterocycles. The van der Waals surface area contributed by atoms with E-state index in [0.29, 0.717) is 6.04 Å². The maximum Gasteiger partial charge on any atom is 0.118 e. The van der Waals surface area contributed by atoms with E-state index < -0.39 is 0 Å². The molecule has 5 nitrogen and oxygen atoms in total. The van der Waals surface area contributed by atoms with E-state index in [0.717, 1.165) is 29.9 Å². The molecule has 1 atom stereocenters. The van der Waals surface area contributed by atoms with Crippen LogP contribution in [0.5, 0.6) is 5.75 Å². The van der Waals surface area contributed by atoms with Crippen molar-refractivity contribution in [2.45, 2.75) is 25.4 Å². The molecule has 1 fully saturated rings. The number of aryl methyl sites for hydroxylation is 1. The van der Waals surface area contributed by atoms with Crippen molar-refractivity contribution in [1.82, 2.24) is 19.9 Å². The van der Waals surface area contributed by atoms with Crippen molar-refractivity contribution in [1.29, 1.82) is 0 Å². The van der Waals surface area contributed by atoms with Crippen molar-refractivity contribution in [3.63, 3.8) is 0 Å². The van der Waals surface area contributed by atoms with Crippen molar-refractivity contribution >= 4 is 11.0 Å². The molecular formula is C19H22N4O. The number of aromatic nitrogens is 3. The fraction of sp³-hybridized carbons (Fsp3) is 0.368. The summed E-state index contributed by atoms with van der Waals surface area (Å²) in [5, 5.41) is 8.32. The smallest absolute Gasteiger partial charge is 0.118 e. The molecule has 0 bridgehead atoms. The molecule has 0 unspecified atom stereocenters. The average Bonchev–Trinajstić information content (AvgIpc) is 3.22. The molecule has 4 rings (SSSR count). The topological polar surface area (TPSA) is 43.2 Å². The highest BCUT2D eigenvalue weighted by molar-refractivity contribution is 5.74. The molecule has 0 amide bonds. The van der Waals surface area contributed by atoms with Gasteiger partial charge in [-0.25, -0.2) is 4.68 Å². The summed E-state index contributed by atoms with van der Waals surface area (Å²) in [4.78, 5) is 2.55. The molecule has 0 N–H and O–H groups in total. The molecule has 1 aromatic heterocycles. The zero-order valence-corrected chi connectivity index (χ0v) is 14.1. The molecule has 0 saturated carbocycles. The quantitative estimate of drug-likeness (QED) is 0.739. The summed E-state index contributed by atoms with van der Waals surface area (Å²) >= 11 is 0. The van der Waals surface area contributed by atoms with Crippen LogP contribution < -0.4 is 4.74 Å². The van der Waals surface area contributed by atoms with Gasteiger partial charge >= 0.3 is 0 Å². The Bertz CT molecular complexity index is 840. The van der Waals surface area contributed by atoms with Crippen molar-refractivity contribution in [3.05, 3.63) is 53.6 Å². The summed E-state index contributed by atoms with van der Waals surface area (Å²) in [6.45, 7) is 2.08. The Kier molecular flexibility index (Phi) is 3.94. The maximum atomic E-state index is 5.27. The van der Waals surface area contributed by atoms with Crippen LogP contribution in [0, 0.1) is 0 Å². The third kappa shape index (κ3) is 2.76. The molecule has 24 heavy (non-hydrogen) atoms. The molecule has 2 aromatic carbocycles. The predicted molar refractivity (Wildman–Crippen MR) is 93.9 cm³/mol. The van der Waals surface area contributed by atoms with Gasteiger partial charge in [-0.2, -0.15) is 0 Å². The minimum absolute atomic E-state index is 0.480. The predicted octanol–water partition coefficient (Wildman–Crippen LogP) is 3.31. The first-order chi connectivity index (χ1) is 11.7. The van der Waals surface area contributed by atoms with Gasteiger partial charge in [0.25, 0.3) is 0 Å². The number of rotatable bonds is 4. The number of likely N-dealkylation sites (tertiary alicyclic amines) is 1. The minimum Gasteiger partial charge on any atom is -0.497 e. The van der Waals surface area contributed by atoms with Gasteiger partial charge in [-0.1, -0.05) is 23.4 Å². The summed E-state index contributed by atoms with van der Waals surface area (Å²) in [6, 6.07) is 15.4. The number of benzene rings is 2. The lowest BCUT2D eigenvalue weighted by Gasteiger charge is -2.25. The molecular weight excluding hydrogens is 300 g/mol. The van der Waals surface area contributed by atoms with E-state index in [4.69, 9.17) is 4.74 Å². The van der Waals surface area contributed by atoms with Gasteiger partial charge in [0.05, 0.1) is 12.6 Å². The van der Waals surface area contributed by atoms with Crippen LogP contribution in [0.3, 0.4) is 0 Å². The van der Waals surface area contributed by atoms with Crippen LogP contribution in [0.1, 0.15) is 30.0 Å². The van der Waals surface area contributed by atoms with Crippen LogP contribution >= 0.6 is 0 Å². The fourth-order valence-corrected chi connectivity index (χ4v) is 3.64. The SMILES string of the molecule is COc1ccc([C@@H]2CCCN2Cc2ccc3c(c2)nnn3C)cc1. The molecule has 3 aromatic rings. The first-order valence-corrected chi connectivity index (χ1v) is 8.41. The van der Waals surface area contributed by atoms with E-state index in [1.165, 1.54) is 24.0 Å². The number of ether oxygens (including phenoxy) is 1. The standard InChI is InChI=1S/C19H22N4O/c1-22-19-10-5-14(12-17(19)20-21-22)13-23-11-3-4-18(23)15-6-8-16(24-2)9-7-15/h5-10,12,18H,3-4,11,13H2,1-2H3/t18-/m0/s1. The van der Waals surface area contributed by atoms with Gasteiger partial charge in [-0.15, -0.1) is 5.10 Å². The van der Waals surface area contributed by atoms with Gasteiger partial charge in [0.1, 0.15) is 11.3 Å². The first-order valence-electron chi connectivity index (χ1n) is 8.41. The summed E-state index contributed by atoms with van der Waals surface area (Å²) in [6.07, 6.45) is 2.45. The highest BCUT2D eigenvalue weighted by Crippen LogP contribution is 2.34. The lowest BCUT2D eigenvalue weighted by atomic mass is 10.0. The summed E-state index contributed by atoms with van der Waals surface area (Å²) in [7, 11) is 3.63. The third-order valence-corrected chi connectivity index (χ3v) is 4.92. The zero-order chi connectivity index (χ0) is 16.5. The van der Waals surface area contributed by atoms with E-state index in [1.54, 1.807) is 7.11 Å². The molecule has 1 saturated heterocycles. The number of hydrogen-bond donors (Lipinski definition) is 0. The average molecular weight is 322 g/mol. The Morgan fingerprint density at radius 3 is 2.79 bits per heavy atom. The lowest BCUT2D eigenvalue weighted by molar-refractivity contribution is 0.248. The van der Waals surface area contributed by atoms with Gasteiger partial charge in [0.15, 0.2) is 0 Å². The number of nitrogens with zero attached hydrogens (tertiary/aromatic N) is 4. The minimum atomic E-state index is 0.480. The molecule has 0 radical (unpaired) electrons. The Hall–Kier alpha value is -2.40. The normalized spacial score (nSPS) is 18.3. The monoisotopic (exact) mass is 322 g/mol. The highest BCUT2D eigenvalue weighted by Gasteiger charge is 2.26. The van der Waals surface area contributed by atoms with E-state index in [1.807, 2.05) is 11.7 Å². The maximum absolute atomic E-state index is 5.27. The summed E-state index contributed by atoms with van der Waals surface area (Å²) < 4.78 is 7.08. The summed E-state index contributed by atoms with van der Waals surface area (Å²) in [5.41, 5.74) is 4.71. The molecule has 124 valence electrons. The Balaban J connectivity index is 1.55. The lowest BCUT2D eigenvalue weighted by Crippen LogP contribution is -2.22. The van der Waals surface area contributed by atoms with Crippen LogP contribution in [0.15, 0.2) is 42.5 Å². The van der Waals surface area contributed by atoms with Crippen molar-refractivity contribution in [2.24, 2.45) is 7.05 Å². The number of hydrogen-bond acceptors (Lipinski definition) is 4. The highest BCUT2D eigenvalue weighted by atomic mass is 16.5. The van der Waals surface area contributed by atoms with E-state index in [9.17, 15) is 0 Å². The summed E-state index contributed by atoms with van der Waals surface area (Å²) in [5.74, 6) is 0.913. The van der Waals surface area contributed by atoms with Gasteiger partial charge < -0.3 is 4.74 Å². The Morgan fingerprint density at radius 1 is 1.17 bits per heavy atom. The molecule has 5 heteroatoms. The largest absolute Gasteiger partial charge is 0.497 e. The second-order valence-electron chi connectivity index (χ2n) is 6.44. The van der Waals surface area contributed by atoms with Crippen molar-refractivity contribution in [2.75, 3.05) is 13.7 Å². The van der Waals surface area contributed by atoms with Crippen LogP contribution in [0.25, 0.3) is 11.0 Å². The number of methoxy groups -OCH3 is 1. The van der Waals surface area contributed by atoms with E-state index >= 15 is 0 Å². The fourth-order valence-electron chi connectivity index (χ4n) is 3.64. The zero-order valence-electron chi connectivity index (χ0n) is 14.1. The Morgan fingerprint density at radius 2 is 2.00 bits per heavy atom. The van der Waals surface area contributed by atoms with E-state index in [2.05, 4.69) is 57.7 Å². The van der Waals surface area contributed by atoms with Crippen LogP contribution in [0.2, 0.25) is 0 Å². The van der Waals surface area contributed by atoms with E-state index in [-0.39, 0.29) is 0 Å². The second kappa shape index (κ2) is 6.24. The first kappa shape index (κ1) is 15.1.